The lowest BCUT2D eigenvalue weighted by Crippen LogP contribution is -2.21. The predicted molar refractivity (Wildman–Crippen MR) is 139 cm³/mol. The van der Waals surface area contributed by atoms with Crippen LogP contribution in [-0.4, -0.2) is 29.3 Å². The lowest BCUT2D eigenvalue weighted by atomic mass is 10.2. The second kappa shape index (κ2) is 9.23. The van der Waals surface area contributed by atoms with Crippen LogP contribution >= 0.6 is 34.0 Å². The maximum Gasteiger partial charge on any atom is 0.231 e. The third-order valence-corrected chi connectivity index (χ3v) is 7.83. The van der Waals surface area contributed by atoms with Crippen molar-refractivity contribution in [2.45, 2.75) is 13.8 Å². The van der Waals surface area contributed by atoms with Crippen molar-refractivity contribution in [1.29, 1.82) is 0 Å². The number of nitrogens with zero attached hydrogens (tertiary/aromatic N) is 6. The lowest BCUT2D eigenvalue weighted by molar-refractivity contribution is 0.866. The van der Waals surface area contributed by atoms with Crippen LogP contribution in [0, 0.1) is 0 Å². The van der Waals surface area contributed by atoms with Gasteiger partial charge in [0.15, 0.2) is 0 Å². The average molecular weight is 477 g/mol. The van der Waals surface area contributed by atoms with E-state index >= 15 is 0 Å². The number of benzene rings is 2. The van der Waals surface area contributed by atoms with E-state index in [9.17, 15) is 0 Å². The Kier molecular flexibility index (Phi) is 6.02. The minimum atomic E-state index is 0.661. The molecule has 0 fully saturated rings. The molecular formula is C23H20N6S3. The first-order valence-corrected chi connectivity index (χ1v) is 12.7. The summed E-state index contributed by atoms with van der Waals surface area (Å²) in [4.78, 5) is 18.0. The van der Waals surface area contributed by atoms with Gasteiger partial charge in [-0.3, -0.25) is 0 Å². The highest BCUT2D eigenvalue weighted by Gasteiger charge is 2.08. The first kappa shape index (κ1) is 20.9. The van der Waals surface area contributed by atoms with Crippen molar-refractivity contribution < 1.29 is 0 Å². The van der Waals surface area contributed by atoms with Crippen LogP contribution in [0.3, 0.4) is 0 Å². The molecule has 0 amide bonds. The van der Waals surface area contributed by atoms with E-state index in [0.29, 0.717) is 5.13 Å². The van der Waals surface area contributed by atoms with Crippen molar-refractivity contribution in [3.05, 3.63) is 59.5 Å². The minimum Gasteiger partial charge on any atom is -0.372 e. The van der Waals surface area contributed by atoms with E-state index in [0.717, 1.165) is 48.5 Å². The van der Waals surface area contributed by atoms with E-state index in [1.165, 1.54) is 17.0 Å². The number of thiophene rings is 1. The number of anilines is 1. The molecule has 0 saturated carbocycles. The number of hydrogen-bond acceptors (Lipinski definition) is 9. The number of thiazole rings is 2. The van der Waals surface area contributed by atoms with Crippen molar-refractivity contribution in [3.63, 3.8) is 0 Å². The maximum absolute atomic E-state index is 4.60. The van der Waals surface area contributed by atoms with Gasteiger partial charge in [-0.15, -0.1) is 21.6 Å². The van der Waals surface area contributed by atoms with Gasteiger partial charge in [0.25, 0.3) is 0 Å². The zero-order valence-electron chi connectivity index (χ0n) is 17.6. The fourth-order valence-corrected chi connectivity index (χ4v) is 6.03. The second-order valence-corrected chi connectivity index (χ2v) is 10.0. The summed E-state index contributed by atoms with van der Waals surface area (Å²) in [5.41, 5.74) is 3.00. The summed E-state index contributed by atoms with van der Waals surface area (Å²) in [6, 6.07) is 18.3. The highest BCUT2D eigenvalue weighted by molar-refractivity contribution is 7.29. The molecule has 0 aliphatic carbocycles. The lowest BCUT2D eigenvalue weighted by Gasteiger charge is -2.20. The number of para-hydroxylation sites is 1. The zero-order valence-corrected chi connectivity index (χ0v) is 20.0. The number of aliphatic imine (C=N–C) groups is 1. The number of fused-ring (bicyclic) bond motifs is 2. The quantitative estimate of drug-likeness (QED) is 0.177. The highest BCUT2D eigenvalue weighted by Crippen LogP contribution is 2.35. The van der Waals surface area contributed by atoms with E-state index in [1.54, 1.807) is 22.7 Å². The average Bonchev–Trinajstić information content (AvgIpc) is 3.50. The third-order valence-electron chi connectivity index (χ3n) is 4.91. The standard InChI is InChI=1S/C23H20N6S3/c1-3-29(4-2)16-11-9-15(10-12-16)27-28-23-26-21-20(32-23)13-17(30-21)14-24-22-25-18-7-5-6-8-19(18)31-22/h5-14H,3-4H2,1-2H3/b24-14+,28-27?. The summed E-state index contributed by atoms with van der Waals surface area (Å²) in [6.45, 7) is 6.29. The molecule has 32 heavy (non-hydrogen) atoms. The molecule has 6 nitrogen and oxygen atoms in total. The van der Waals surface area contributed by atoms with Crippen molar-refractivity contribution >= 4 is 81.6 Å². The molecule has 0 aliphatic rings. The van der Waals surface area contributed by atoms with Crippen LogP contribution in [0.25, 0.3) is 19.7 Å². The van der Waals surface area contributed by atoms with Gasteiger partial charge in [0.1, 0.15) is 4.83 Å². The van der Waals surface area contributed by atoms with E-state index < -0.39 is 0 Å². The van der Waals surface area contributed by atoms with Gasteiger partial charge < -0.3 is 4.90 Å². The van der Waals surface area contributed by atoms with Crippen LogP contribution in [-0.2, 0) is 0 Å². The van der Waals surface area contributed by atoms with Gasteiger partial charge in [-0.05, 0) is 56.3 Å². The Morgan fingerprint density at radius 3 is 2.38 bits per heavy atom. The van der Waals surface area contributed by atoms with E-state index in [1.807, 2.05) is 36.5 Å². The molecule has 2 aromatic carbocycles. The summed E-state index contributed by atoms with van der Waals surface area (Å²) in [6.07, 6.45) is 1.86. The normalized spacial score (nSPS) is 12.1. The van der Waals surface area contributed by atoms with Crippen LogP contribution in [0.15, 0.2) is 69.8 Å². The Labute approximate surface area is 197 Å². The summed E-state index contributed by atoms with van der Waals surface area (Å²) >= 11 is 4.72. The van der Waals surface area contributed by atoms with Crippen molar-refractivity contribution in [2.24, 2.45) is 15.2 Å². The van der Waals surface area contributed by atoms with E-state index in [-0.39, 0.29) is 0 Å². The fourth-order valence-electron chi connectivity index (χ4n) is 3.30. The molecular weight excluding hydrogens is 456 g/mol. The van der Waals surface area contributed by atoms with Gasteiger partial charge in [0.2, 0.25) is 10.3 Å². The number of azo groups is 1. The summed E-state index contributed by atoms with van der Waals surface area (Å²) in [5, 5.41) is 10.1. The highest BCUT2D eigenvalue weighted by atomic mass is 32.1. The SMILES string of the molecule is CCN(CC)c1ccc(N=Nc2nc3sc(/C=N/c4nc5ccccc5s4)cc3s2)cc1. The van der Waals surface area contributed by atoms with Crippen LogP contribution in [0.1, 0.15) is 18.7 Å². The molecule has 0 spiro atoms. The number of aromatic nitrogens is 2. The molecule has 5 aromatic rings. The van der Waals surface area contributed by atoms with Gasteiger partial charge in [0, 0.05) is 29.9 Å². The molecule has 9 heteroatoms. The molecule has 0 aliphatic heterocycles. The fraction of sp³-hybridized carbons (Fsp3) is 0.174. The largest absolute Gasteiger partial charge is 0.372 e. The first-order valence-electron chi connectivity index (χ1n) is 10.3. The van der Waals surface area contributed by atoms with Gasteiger partial charge in [-0.2, -0.15) is 0 Å². The molecule has 0 radical (unpaired) electrons. The van der Waals surface area contributed by atoms with Crippen LogP contribution in [0.4, 0.5) is 21.6 Å². The zero-order chi connectivity index (χ0) is 21.9. The van der Waals surface area contributed by atoms with Gasteiger partial charge >= 0.3 is 0 Å². The molecule has 3 aromatic heterocycles. The van der Waals surface area contributed by atoms with Crippen molar-refractivity contribution in [3.8, 4) is 0 Å². The Bertz CT molecular complexity index is 1340. The van der Waals surface area contributed by atoms with Crippen molar-refractivity contribution in [1.82, 2.24) is 9.97 Å². The topological polar surface area (TPSA) is 66.1 Å². The van der Waals surface area contributed by atoms with Gasteiger partial charge in [-0.25, -0.2) is 15.0 Å². The smallest absolute Gasteiger partial charge is 0.231 e. The predicted octanol–water partition coefficient (Wildman–Crippen LogP) is 7.98. The number of rotatable bonds is 7. The molecule has 0 bridgehead atoms. The maximum atomic E-state index is 4.60. The van der Waals surface area contributed by atoms with E-state index in [4.69, 9.17) is 0 Å². The van der Waals surface area contributed by atoms with Gasteiger partial charge in [-0.1, -0.05) is 34.8 Å². The van der Waals surface area contributed by atoms with E-state index in [2.05, 4.69) is 68.2 Å². The Balaban J connectivity index is 1.28. The van der Waals surface area contributed by atoms with Crippen LogP contribution in [0.5, 0.6) is 0 Å². The minimum absolute atomic E-state index is 0.661. The summed E-state index contributed by atoms with van der Waals surface area (Å²) < 4.78 is 2.23. The summed E-state index contributed by atoms with van der Waals surface area (Å²) in [5.74, 6) is 0. The Morgan fingerprint density at radius 1 is 0.844 bits per heavy atom. The first-order chi connectivity index (χ1) is 15.7. The molecule has 160 valence electrons. The second-order valence-electron chi connectivity index (χ2n) is 6.93. The Morgan fingerprint density at radius 2 is 1.62 bits per heavy atom. The molecule has 0 atom stereocenters. The molecule has 3 heterocycles. The monoisotopic (exact) mass is 476 g/mol. The molecule has 0 saturated heterocycles. The molecule has 0 unspecified atom stereocenters. The van der Waals surface area contributed by atoms with Crippen molar-refractivity contribution in [2.75, 3.05) is 18.0 Å². The third kappa shape index (κ3) is 4.45. The Hall–Kier alpha value is -3.01. The molecule has 5 rings (SSSR count). The van der Waals surface area contributed by atoms with Crippen LogP contribution < -0.4 is 4.90 Å². The summed E-state index contributed by atoms with van der Waals surface area (Å²) in [7, 11) is 0. The van der Waals surface area contributed by atoms with Gasteiger partial charge in [0.05, 0.1) is 20.6 Å². The molecule has 0 N–H and O–H groups in total. The van der Waals surface area contributed by atoms with Crippen LogP contribution in [0.2, 0.25) is 0 Å². The number of hydrogen-bond donors (Lipinski definition) is 0.